The molecular weight excluding hydrogens is 220 g/mol. The van der Waals surface area contributed by atoms with Crippen molar-refractivity contribution in [1.82, 2.24) is 0 Å². The second kappa shape index (κ2) is 11.2. The first kappa shape index (κ1) is 15.7. The average molecular weight is 242 g/mol. The first-order valence-corrected chi connectivity index (χ1v) is 6.15. The molecule has 17 heavy (non-hydrogen) atoms. The zero-order chi connectivity index (χ0) is 12.9. The zero-order valence-electron chi connectivity index (χ0n) is 10.6. The van der Waals surface area contributed by atoms with E-state index in [9.17, 15) is 9.59 Å². The van der Waals surface area contributed by atoms with Crippen molar-refractivity contribution >= 4 is 11.9 Å². The normalized spacial score (nSPS) is 9.71. The molecule has 0 N–H and O–H groups in total. The van der Waals surface area contributed by atoms with Gasteiger partial charge in [0.05, 0.1) is 13.2 Å². The van der Waals surface area contributed by atoms with E-state index in [1.54, 1.807) is 0 Å². The minimum Gasteiger partial charge on any atom is -0.466 e. The molecule has 0 fully saturated rings. The number of hydrogen-bond donors (Lipinski definition) is 0. The monoisotopic (exact) mass is 242 g/mol. The highest BCUT2D eigenvalue weighted by Gasteiger charge is 2.00. The molecule has 4 nitrogen and oxygen atoms in total. The summed E-state index contributed by atoms with van der Waals surface area (Å²) in [5.41, 5.74) is 0. The third kappa shape index (κ3) is 11.0. The number of carbonyl (C=O) groups is 2. The quantitative estimate of drug-likeness (QED) is 0.336. The maximum absolute atomic E-state index is 11.0. The predicted octanol–water partition coefficient (Wildman–Crippen LogP) is 2.62. The van der Waals surface area contributed by atoms with Crippen LogP contribution in [0.5, 0.6) is 0 Å². The molecule has 0 unspecified atom stereocenters. The van der Waals surface area contributed by atoms with Gasteiger partial charge in [-0.25, -0.2) is 4.79 Å². The maximum atomic E-state index is 11.0. The highest BCUT2D eigenvalue weighted by Crippen LogP contribution is 2.02. The van der Waals surface area contributed by atoms with Crippen LogP contribution in [-0.4, -0.2) is 25.2 Å². The average Bonchev–Trinajstić information content (AvgIpc) is 2.32. The third-order valence-electron chi connectivity index (χ3n) is 2.17. The molecule has 0 spiro atoms. The van der Waals surface area contributed by atoms with Gasteiger partial charge in [-0.15, -0.1) is 0 Å². The summed E-state index contributed by atoms with van der Waals surface area (Å²) >= 11 is 0. The second-order valence-corrected chi connectivity index (χ2v) is 3.76. The lowest BCUT2D eigenvalue weighted by Crippen LogP contribution is -2.05. The van der Waals surface area contributed by atoms with Crippen LogP contribution in [-0.2, 0) is 19.1 Å². The highest BCUT2D eigenvalue weighted by molar-refractivity contribution is 5.81. The van der Waals surface area contributed by atoms with E-state index in [1.165, 1.54) is 0 Å². The molecule has 0 atom stereocenters. The van der Waals surface area contributed by atoms with E-state index in [-0.39, 0.29) is 11.9 Å². The maximum Gasteiger partial charge on any atom is 0.330 e. The molecule has 98 valence electrons. The van der Waals surface area contributed by atoms with Crippen LogP contribution in [0.15, 0.2) is 12.7 Å². The molecule has 0 aromatic carbocycles. The van der Waals surface area contributed by atoms with E-state index in [4.69, 9.17) is 9.47 Å². The van der Waals surface area contributed by atoms with Crippen molar-refractivity contribution < 1.29 is 19.1 Å². The summed E-state index contributed by atoms with van der Waals surface area (Å²) in [5, 5.41) is 0. The summed E-state index contributed by atoms with van der Waals surface area (Å²) < 4.78 is 9.83. The van der Waals surface area contributed by atoms with Crippen LogP contribution < -0.4 is 0 Å². The molecule has 0 aromatic heterocycles. The molecule has 0 rings (SSSR count). The van der Waals surface area contributed by atoms with Gasteiger partial charge in [-0.1, -0.05) is 13.5 Å². The lowest BCUT2D eigenvalue weighted by atomic mass is 10.2. The number of esters is 2. The minimum atomic E-state index is -0.376. The fourth-order valence-corrected chi connectivity index (χ4v) is 1.25. The van der Waals surface area contributed by atoms with Gasteiger partial charge in [0.2, 0.25) is 0 Å². The van der Waals surface area contributed by atoms with E-state index in [0.29, 0.717) is 19.6 Å². The molecule has 0 aliphatic rings. The Kier molecular flexibility index (Phi) is 10.3. The van der Waals surface area contributed by atoms with Gasteiger partial charge in [-0.3, -0.25) is 4.79 Å². The molecule has 0 bridgehead atoms. The van der Waals surface area contributed by atoms with E-state index in [2.05, 4.69) is 6.58 Å². The summed E-state index contributed by atoms with van der Waals surface area (Å²) in [6.45, 7) is 6.18. The largest absolute Gasteiger partial charge is 0.466 e. The van der Waals surface area contributed by atoms with Crippen LogP contribution in [0.2, 0.25) is 0 Å². The highest BCUT2D eigenvalue weighted by atomic mass is 16.5. The topological polar surface area (TPSA) is 52.6 Å². The molecule has 0 saturated carbocycles. The van der Waals surface area contributed by atoms with Crippen molar-refractivity contribution in [2.75, 3.05) is 13.2 Å². The minimum absolute atomic E-state index is 0.118. The van der Waals surface area contributed by atoms with E-state index >= 15 is 0 Å². The molecular formula is C13H22O4. The predicted molar refractivity (Wildman–Crippen MR) is 65.5 cm³/mol. The van der Waals surface area contributed by atoms with Gasteiger partial charge >= 0.3 is 11.9 Å². The van der Waals surface area contributed by atoms with Gasteiger partial charge < -0.3 is 9.47 Å². The third-order valence-corrected chi connectivity index (χ3v) is 2.17. The van der Waals surface area contributed by atoms with Gasteiger partial charge in [-0.2, -0.15) is 0 Å². The number of unbranched alkanes of at least 4 members (excludes halogenated alkanes) is 3. The molecule has 0 aliphatic carbocycles. The fourth-order valence-electron chi connectivity index (χ4n) is 1.25. The smallest absolute Gasteiger partial charge is 0.330 e. The van der Waals surface area contributed by atoms with E-state index in [1.807, 2.05) is 6.92 Å². The van der Waals surface area contributed by atoms with E-state index < -0.39 is 0 Å². The summed E-state index contributed by atoms with van der Waals surface area (Å²) in [4.78, 5) is 21.7. The zero-order valence-corrected chi connectivity index (χ0v) is 10.6. The van der Waals surface area contributed by atoms with Gasteiger partial charge in [0, 0.05) is 12.5 Å². The van der Waals surface area contributed by atoms with Crippen molar-refractivity contribution in [3.05, 3.63) is 12.7 Å². The van der Waals surface area contributed by atoms with Crippen molar-refractivity contribution in [3.63, 3.8) is 0 Å². The van der Waals surface area contributed by atoms with E-state index in [0.717, 1.165) is 38.2 Å². The van der Waals surface area contributed by atoms with Gasteiger partial charge in [-0.05, 0) is 32.1 Å². The van der Waals surface area contributed by atoms with Crippen molar-refractivity contribution in [1.29, 1.82) is 0 Å². The van der Waals surface area contributed by atoms with Crippen LogP contribution in [0, 0.1) is 0 Å². The summed E-state index contributed by atoms with van der Waals surface area (Å²) in [6, 6.07) is 0. The standard InChI is InChI=1S/C13H22O4/c1-3-9-13(15)17-11-8-6-5-7-10-16-12(14)4-2/h4H,2-3,5-11H2,1H3. The molecule has 4 heteroatoms. The molecule has 0 saturated heterocycles. The van der Waals surface area contributed by atoms with Crippen LogP contribution in [0.4, 0.5) is 0 Å². The Bertz CT molecular complexity index is 236. The Hall–Kier alpha value is -1.32. The Morgan fingerprint density at radius 2 is 1.65 bits per heavy atom. The number of ether oxygens (including phenoxy) is 2. The summed E-state index contributed by atoms with van der Waals surface area (Å²) in [6.07, 6.45) is 6.13. The van der Waals surface area contributed by atoms with Crippen molar-refractivity contribution in [3.8, 4) is 0 Å². The lowest BCUT2D eigenvalue weighted by Gasteiger charge is -2.04. The Labute approximate surface area is 103 Å². The van der Waals surface area contributed by atoms with Crippen LogP contribution in [0.3, 0.4) is 0 Å². The van der Waals surface area contributed by atoms with Gasteiger partial charge in [0.1, 0.15) is 0 Å². The first-order chi connectivity index (χ1) is 8.20. The van der Waals surface area contributed by atoms with Crippen molar-refractivity contribution in [2.45, 2.75) is 45.4 Å². The van der Waals surface area contributed by atoms with Crippen LogP contribution in [0.1, 0.15) is 45.4 Å². The molecule has 0 heterocycles. The summed E-state index contributed by atoms with van der Waals surface area (Å²) in [7, 11) is 0. The number of carbonyl (C=O) groups excluding carboxylic acids is 2. The van der Waals surface area contributed by atoms with Crippen molar-refractivity contribution in [2.24, 2.45) is 0 Å². The molecule has 0 aliphatic heterocycles. The van der Waals surface area contributed by atoms with Crippen LogP contribution >= 0.6 is 0 Å². The Morgan fingerprint density at radius 1 is 1.06 bits per heavy atom. The van der Waals surface area contributed by atoms with Gasteiger partial charge in [0.15, 0.2) is 0 Å². The fraction of sp³-hybridized carbons (Fsp3) is 0.692. The second-order valence-electron chi connectivity index (χ2n) is 3.76. The first-order valence-electron chi connectivity index (χ1n) is 6.15. The number of rotatable bonds is 10. The molecule has 0 amide bonds. The molecule has 0 radical (unpaired) electrons. The Morgan fingerprint density at radius 3 is 2.18 bits per heavy atom. The lowest BCUT2D eigenvalue weighted by molar-refractivity contribution is -0.144. The SMILES string of the molecule is C=CC(=O)OCCCCCCOC(=O)CCC. The Balaban J connectivity index is 3.16. The summed E-state index contributed by atoms with van der Waals surface area (Å²) in [5.74, 6) is -0.495. The number of hydrogen-bond acceptors (Lipinski definition) is 4. The van der Waals surface area contributed by atoms with Crippen LogP contribution in [0.25, 0.3) is 0 Å². The van der Waals surface area contributed by atoms with Gasteiger partial charge in [0.25, 0.3) is 0 Å². The molecule has 0 aromatic rings.